The Morgan fingerprint density at radius 1 is 0.275 bits per heavy atom. The van der Waals surface area contributed by atoms with Gasteiger partial charge in [-0.15, -0.1) is 0 Å². The second-order valence-electron chi connectivity index (χ2n) is 17.0. The van der Waals surface area contributed by atoms with Gasteiger partial charge in [-0.25, -0.2) is 0 Å². The molecule has 6 N–H and O–H groups in total. The number of aromatic hydroxyl groups is 6. The van der Waals surface area contributed by atoms with Gasteiger partial charge in [-0.2, -0.15) is 0 Å². The highest BCUT2D eigenvalue weighted by atomic mass is 16.6. The summed E-state index contributed by atoms with van der Waals surface area (Å²) in [6.07, 6.45) is 0.818. The van der Waals surface area contributed by atoms with Gasteiger partial charge < -0.3 is 73.3 Å². The van der Waals surface area contributed by atoms with Crippen LogP contribution >= 0.6 is 0 Å². The first kappa shape index (κ1) is 48.3. The van der Waals surface area contributed by atoms with E-state index in [1.807, 2.05) is 0 Å². The minimum atomic E-state index is -0.0507. The van der Waals surface area contributed by atoms with Crippen LogP contribution in [0.3, 0.4) is 0 Å². The summed E-state index contributed by atoms with van der Waals surface area (Å²) < 4.78 is 55.1. The second-order valence-corrected chi connectivity index (χ2v) is 17.0. The molecule has 2 aliphatic rings. The van der Waals surface area contributed by atoms with Crippen molar-refractivity contribution in [3.05, 3.63) is 140 Å². The van der Waals surface area contributed by atoms with Gasteiger partial charge in [-0.1, -0.05) is 0 Å². The van der Waals surface area contributed by atoms with Crippen molar-refractivity contribution in [3.8, 4) is 69.0 Å². The van der Waals surface area contributed by atoms with Crippen LogP contribution in [0, 0.1) is 0 Å². The molecule has 0 aromatic heterocycles. The standard InChI is InChI=1S/C54H58O15/c1-61-49-31-13-32-20-44(56)24-36(50(32)62-2)16-41-29-48(60)30-42-18-38-26-46(58)22-34(52(38)64-4)14-33-21-45(57)25-37(51(33)63-3)17-40-28-47(59)27-39(15-35(49)23-43(55)19-31)53(40)68-11-9-66-7-5-65-6-8-67-10-12-69-54(41)42/h19-30,55-60H,5-18H2,1-4H3. The summed E-state index contributed by atoms with van der Waals surface area (Å²) in [5, 5.41) is 68.1. The number of methoxy groups -OCH3 is 4. The molecule has 8 rings (SSSR count). The van der Waals surface area contributed by atoms with Gasteiger partial charge >= 0.3 is 0 Å². The van der Waals surface area contributed by atoms with Crippen LogP contribution in [-0.4, -0.2) is 112 Å². The molecule has 6 aromatic rings. The molecule has 1 aliphatic heterocycles. The number of ether oxygens (including phenoxy) is 9. The SMILES string of the molecule is COc1c2cc(O)cc1Cc1cc(O)cc3c1OCCOCCOCCOCCOc1c(cc(O)cc1Cc1cc(O)cc(c1OC)Cc1cc(O)cc(c1OC)C3)Cc1cc(O)cc(c1OC)C2. The van der Waals surface area contributed by atoms with Crippen LogP contribution < -0.4 is 28.4 Å². The third kappa shape index (κ3) is 11.2. The summed E-state index contributed by atoms with van der Waals surface area (Å²) in [5.74, 6) is 2.42. The maximum absolute atomic E-state index is 11.4. The van der Waals surface area contributed by atoms with Gasteiger partial charge in [-0.05, 0) is 72.8 Å². The number of hydrogen-bond donors (Lipinski definition) is 6. The molecule has 1 heterocycles. The fourth-order valence-electron chi connectivity index (χ4n) is 9.59. The lowest BCUT2D eigenvalue weighted by Gasteiger charge is -2.22. The van der Waals surface area contributed by atoms with E-state index in [0.29, 0.717) is 128 Å². The maximum atomic E-state index is 11.4. The van der Waals surface area contributed by atoms with E-state index in [1.165, 1.54) is 28.4 Å². The van der Waals surface area contributed by atoms with Crippen molar-refractivity contribution in [2.24, 2.45) is 0 Å². The van der Waals surface area contributed by atoms with Crippen LogP contribution in [0.4, 0.5) is 0 Å². The smallest absolute Gasteiger partial charge is 0.126 e. The van der Waals surface area contributed by atoms with Crippen LogP contribution in [0.15, 0.2) is 72.8 Å². The van der Waals surface area contributed by atoms with E-state index in [1.54, 1.807) is 72.8 Å². The van der Waals surface area contributed by atoms with Gasteiger partial charge in [0.25, 0.3) is 0 Å². The van der Waals surface area contributed by atoms with Gasteiger partial charge in [0.1, 0.15) is 82.2 Å². The fraction of sp³-hybridized carbons (Fsp3) is 0.333. The Labute approximate surface area is 400 Å². The van der Waals surface area contributed by atoms with E-state index in [4.69, 9.17) is 42.6 Å². The van der Waals surface area contributed by atoms with Gasteiger partial charge in [0.05, 0.1) is 68.1 Å². The van der Waals surface area contributed by atoms with Gasteiger partial charge in [0, 0.05) is 105 Å². The molecule has 0 radical (unpaired) electrons. The first-order chi connectivity index (χ1) is 33.4. The van der Waals surface area contributed by atoms with Crippen LogP contribution in [-0.2, 0) is 52.7 Å². The third-order valence-corrected chi connectivity index (χ3v) is 12.2. The zero-order chi connectivity index (χ0) is 48.6. The number of hydrogen-bond acceptors (Lipinski definition) is 15. The molecule has 0 fully saturated rings. The number of benzene rings is 6. The Hall–Kier alpha value is -7.20. The summed E-state index contributed by atoms with van der Waals surface area (Å²) in [6, 6.07) is 19.2. The van der Waals surface area contributed by atoms with Crippen LogP contribution in [0.25, 0.3) is 0 Å². The Bertz CT molecular complexity index is 2450. The fourth-order valence-corrected chi connectivity index (χ4v) is 9.59. The van der Waals surface area contributed by atoms with Crippen molar-refractivity contribution >= 4 is 0 Å². The van der Waals surface area contributed by atoms with Crippen molar-refractivity contribution in [3.63, 3.8) is 0 Å². The molecule has 69 heavy (non-hydrogen) atoms. The van der Waals surface area contributed by atoms with Gasteiger partial charge in [-0.3, -0.25) is 0 Å². The molecule has 0 atom stereocenters. The summed E-state index contributed by atoms with van der Waals surface area (Å²) in [6.45, 7) is 1.90. The first-order valence-electron chi connectivity index (χ1n) is 22.7. The largest absolute Gasteiger partial charge is 0.508 e. The van der Waals surface area contributed by atoms with E-state index in [2.05, 4.69) is 0 Å². The van der Waals surface area contributed by atoms with E-state index in [9.17, 15) is 30.6 Å². The molecule has 364 valence electrons. The average molecular weight is 947 g/mol. The predicted octanol–water partition coefficient (Wildman–Crippen LogP) is 7.63. The predicted molar refractivity (Wildman–Crippen MR) is 255 cm³/mol. The molecule has 0 amide bonds. The number of fused-ring (bicyclic) bond motifs is 4. The first-order valence-corrected chi connectivity index (χ1v) is 22.7. The highest BCUT2D eigenvalue weighted by Crippen LogP contribution is 2.44. The topological polar surface area (TPSA) is 204 Å². The molecule has 1 aliphatic carbocycles. The maximum Gasteiger partial charge on any atom is 0.126 e. The summed E-state index contributed by atoms with van der Waals surface area (Å²) in [4.78, 5) is 0. The molecule has 6 aromatic carbocycles. The second kappa shape index (κ2) is 21.8. The molecular formula is C54H58O15. The Kier molecular flexibility index (Phi) is 15.3. The zero-order valence-corrected chi connectivity index (χ0v) is 39.2. The molecule has 14 bridgehead atoms. The number of phenolic OH excluding ortho intramolecular Hbond substituents is 6. The van der Waals surface area contributed by atoms with Crippen molar-refractivity contribution in [1.29, 1.82) is 0 Å². The quantitative estimate of drug-likeness (QED) is 0.100. The monoisotopic (exact) mass is 946 g/mol. The van der Waals surface area contributed by atoms with Crippen molar-refractivity contribution in [2.75, 3.05) is 81.3 Å². The molecule has 0 saturated carbocycles. The molecule has 0 saturated heterocycles. The van der Waals surface area contributed by atoms with Gasteiger partial charge in [0.2, 0.25) is 0 Å². The Morgan fingerprint density at radius 2 is 0.449 bits per heavy atom. The Balaban J connectivity index is 1.39. The Morgan fingerprint density at radius 3 is 0.652 bits per heavy atom. The lowest BCUT2D eigenvalue weighted by atomic mass is 9.90. The zero-order valence-electron chi connectivity index (χ0n) is 39.2. The van der Waals surface area contributed by atoms with Crippen molar-refractivity contribution in [1.82, 2.24) is 0 Å². The van der Waals surface area contributed by atoms with Crippen LogP contribution in [0.2, 0.25) is 0 Å². The molecule has 15 heteroatoms. The highest BCUT2D eigenvalue weighted by Gasteiger charge is 2.25. The van der Waals surface area contributed by atoms with Crippen molar-refractivity contribution in [2.45, 2.75) is 38.5 Å². The van der Waals surface area contributed by atoms with Crippen molar-refractivity contribution < 1.29 is 73.3 Å². The lowest BCUT2D eigenvalue weighted by Crippen LogP contribution is -2.15. The van der Waals surface area contributed by atoms with E-state index in [0.717, 1.165) is 0 Å². The summed E-state index contributed by atoms with van der Waals surface area (Å²) in [7, 11) is 6.15. The normalized spacial score (nSPS) is 14.8. The summed E-state index contributed by atoms with van der Waals surface area (Å²) in [5.41, 5.74) is 6.89. The third-order valence-electron chi connectivity index (χ3n) is 12.2. The molecular weight excluding hydrogens is 889 g/mol. The highest BCUT2D eigenvalue weighted by molar-refractivity contribution is 5.61. The molecule has 0 unspecified atom stereocenters. The molecule has 15 nitrogen and oxygen atoms in total. The van der Waals surface area contributed by atoms with E-state index < -0.39 is 0 Å². The van der Waals surface area contributed by atoms with Gasteiger partial charge in [0.15, 0.2) is 0 Å². The minimum absolute atomic E-state index is 0.0434. The molecule has 0 spiro atoms. The number of rotatable bonds is 4. The summed E-state index contributed by atoms with van der Waals surface area (Å²) >= 11 is 0. The van der Waals surface area contributed by atoms with E-state index in [-0.39, 0.29) is 99.4 Å². The van der Waals surface area contributed by atoms with Crippen LogP contribution in [0.1, 0.15) is 66.8 Å². The minimum Gasteiger partial charge on any atom is -0.508 e. The average Bonchev–Trinajstić information content (AvgIpc) is 3.28. The van der Waals surface area contributed by atoms with E-state index >= 15 is 0 Å². The number of phenols is 6. The lowest BCUT2D eigenvalue weighted by molar-refractivity contribution is 0.00484. The van der Waals surface area contributed by atoms with Crippen LogP contribution in [0.5, 0.6) is 69.0 Å².